The zero-order valence-corrected chi connectivity index (χ0v) is 12.8. The van der Waals surface area contributed by atoms with Gasteiger partial charge in [0.05, 0.1) is 0 Å². The Kier molecular flexibility index (Phi) is 8.38. The molecule has 0 amide bonds. The first-order valence-corrected chi connectivity index (χ1v) is 8.75. The van der Waals surface area contributed by atoms with Crippen molar-refractivity contribution in [1.82, 2.24) is 5.32 Å². The highest BCUT2D eigenvalue weighted by atomic mass is 32.2. The lowest BCUT2D eigenvalue weighted by molar-refractivity contribution is 0.391. The molecule has 0 aromatic rings. The van der Waals surface area contributed by atoms with Gasteiger partial charge in [0.1, 0.15) is 0 Å². The van der Waals surface area contributed by atoms with Gasteiger partial charge in [-0.25, -0.2) is 0 Å². The second-order valence-corrected chi connectivity index (χ2v) is 6.93. The number of rotatable bonds is 7. The minimum atomic E-state index is 0.706. The van der Waals surface area contributed by atoms with Crippen LogP contribution in [-0.4, -0.2) is 23.6 Å². The van der Waals surface area contributed by atoms with Crippen molar-refractivity contribution in [3.63, 3.8) is 0 Å². The van der Waals surface area contributed by atoms with Crippen molar-refractivity contribution in [2.75, 3.05) is 11.5 Å². The lowest BCUT2D eigenvalue weighted by atomic mass is 9.98. The Labute approximate surface area is 113 Å². The van der Waals surface area contributed by atoms with Gasteiger partial charge in [-0.15, -0.1) is 0 Å². The van der Waals surface area contributed by atoms with E-state index in [1.54, 1.807) is 0 Å². The van der Waals surface area contributed by atoms with E-state index in [2.05, 4.69) is 37.8 Å². The fourth-order valence-corrected chi connectivity index (χ4v) is 3.65. The standard InChI is InChI=1S/C15H31NS/c1-4-14-7-6-8-15(10-9-14)16-13(3)11-12-17-5-2/h13-16H,4-12H2,1-3H3. The Hall–Kier alpha value is 0.310. The third-order valence-corrected chi connectivity index (χ3v) is 5.02. The Morgan fingerprint density at radius 1 is 1.18 bits per heavy atom. The fraction of sp³-hybridized carbons (Fsp3) is 1.00. The molecule has 17 heavy (non-hydrogen) atoms. The minimum Gasteiger partial charge on any atom is -0.311 e. The van der Waals surface area contributed by atoms with Crippen molar-refractivity contribution in [3.8, 4) is 0 Å². The first-order valence-electron chi connectivity index (χ1n) is 7.60. The van der Waals surface area contributed by atoms with Crippen LogP contribution in [0.15, 0.2) is 0 Å². The molecule has 1 aliphatic carbocycles. The number of hydrogen-bond donors (Lipinski definition) is 1. The largest absolute Gasteiger partial charge is 0.311 e. The van der Waals surface area contributed by atoms with Crippen LogP contribution in [0.4, 0.5) is 0 Å². The second kappa shape index (κ2) is 9.27. The van der Waals surface area contributed by atoms with E-state index in [4.69, 9.17) is 0 Å². The molecule has 0 aromatic heterocycles. The van der Waals surface area contributed by atoms with Crippen LogP contribution in [0.3, 0.4) is 0 Å². The maximum absolute atomic E-state index is 3.85. The van der Waals surface area contributed by atoms with Crippen LogP contribution >= 0.6 is 11.8 Å². The summed E-state index contributed by atoms with van der Waals surface area (Å²) in [6.07, 6.45) is 9.87. The molecule has 1 N–H and O–H groups in total. The maximum atomic E-state index is 3.85. The molecule has 0 heterocycles. The summed E-state index contributed by atoms with van der Waals surface area (Å²) in [6, 6.07) is 1.51. The van der Waals surface area contributed by atoms with Crippen LogP contribution in [0, 0.1) is 5.92 Å². The van der Waals surface area contributed by atoms with Gasteiger partial charge in [-0.2, -0.15) is 11.8 Å². The summed E-state index contributed by atoms with van der Waals surface area (Å²) >= 11 is 2.07. The summed E-state index contributed by atoms with van der Waals surface area (Å²) in [5.74, 6) is 3.58. The first-order chi connectivity index (χ1) is 8.26. The predicted octanol–water partition coefficient (Wildman–Crippen LogP) is 4.47. The zero-order valence-electron chi connectivity index (χ0n) is 12.0. The molecule has 0 saturated heterocycles. The van der Waals surface area contributed by atoms with E-state index >= 15 is 0 Å². The van der Waals surface area contributed by atoms with Crippen molar-refractivity contribution in [2.24, 2.45) is 5.92 Å². The van der Waals surface area contributed by atoms with E-state index in [-0.39, 0.29) is 0 Å². The lowest BCUT2D eigenvalue weighted by Crippen LogP contribution is -2.36. The SMILES string of the molecule is CCSCCC(C)NC1CCCC(CC)CC1. The molecule has 1 rings (SSSR count). The summed E-state index contributed by atoms with van der Waals surface area (Å²) in [7, 11) is 0. The fourth-order valence-electron chi connectivity index (χ4n) is 2.84. The molecular formula is C15H31NS. The van der Waals surface area contributed by atoms with E-state index < -0.39 is 0 Å². The Morgan fingerprint density at radius 3 is 2.71 bits per heavy atom. The molecule has 0 aliphatic heterocycles. The van der Waals surface area contributed by atoms with Gasteiger partial charge in [-0.05, 0) is 50.0 Å². The van der Waals surface area contributed by atoms with Crippen LogP contribution in [0.25, 0.3) is 0 Å². The molecule has 3 atom stereocenters. The van der Waals surface area contributed by atoms with E-state index in [0.29, 0.717) is 6.04 Å². The monoisotopic (exact) mass is 257 g/mol. The Bertz CT molecular complexity index is 184. The maximum Gasteiger partial charge on any atom is 0.00696 e. The van der Waals surface area contributed by atoms with Crippen LogP contribution in [-0.2, 0) is 0 Å². The van der Waals surface area contributed by atoms with Crippen molar-refractivity contribution < 1.29 is 0 Å². The van der Waals surface area contributed by atoms with Gasteiger partial charge in [0.25, 0.3) is 0 Å². The summed E-state index contributed by atoms with van der Waals surface area (Å²) < 4.78 is 0. The molecule has 1 fully saturated rings. The third kappa shape index (κ3) is 6.71. The molecule has 0 bridgehead atoms. The van der Waals surface area contributed by atoms with Crippen LogP contribution in [0.1, 0.15) is 65.7 Å². The van der Waals surface area contributed by atoms with E-state index in [0.717, 1.165) is 12.0 Å². The highest BCUT2D eigenvalue weighted by molar-refractivity contribution is 7.99. The molecule has 0 spiro atoms. The quantitative estimate of drug-likeness (QED) is 0.533. The minimum absolute atomic E-state index is 0.706. The number of nitrogens with one attached hydrogen (secondary N) is 1. The van der Waals surface area contributed by atoms with Crippen molar-refractivity contribution in [1.29, 1.82) is 0 Å². The molecule has 0 aromatic carbocycles. The lowest BCUT2D eigenvalue weighted by Gasteiger charge is -2.22. The van der Waals surface area contributed by atoms with Crippen LogP contribution in [0.5, 0.6) is 0 Å². The van der Waals surface area contributed by atoms with E-state index in [1.807, 2.05) is 0 Å². The Morgan fingerprint density at radius 2 is 2.00 bits per heavy atom. The normalized spacial score (nSPS) is 27.7. The third-order valence-electron chi connectivity index (χ3n) is 4.09. The second-order valence-electron chi connectivity index (χ2n) is 5.53. The number of hydrogen-bond acceptors (Lipinski definition) is 2. The molecule has 2 heteroatoms. The van der Waals surface area contributed by atoms with Crippen molar-refractivity contribution in [3.05, 3.63) is 0 Å². The van der Waals surface area contributed by atoms with Gasteiger partial charge in [0, 0.05) is 12.1 Å². The molecule has 1 saturated carbocycles. The van der Waals surface area contributed by atoms with Gasteiger partial charge in [0.15, 0.2) is 0 Å². The molecular weight excluding hydrogens is 226 g/mol. The molecule has 0 radical (unpaired) electrons. The van der Waals surface area contributed by atoms with Crippen molar-refractivity contribution >= 4 is 11.8 Å². The molecule has 1 aliphatic rings. The molecule has 3 unspecified atom stereocenters. The molecule has 1 nitrogen and oxygen atoms in total. The topological polar surface area (TPSA) is 12.0 Å². The summed E-state index contributed by atoms with van der Waals surface area (Å²) in [5.41, 5.74) is 0. The average Bonchev–Trinajstić information content (AvgIpc) is 2.54. The van der Waals surface area contributed by atoms with Gasteiger partial charge >= 0.3 is 0 Å². The number of thioether (sulfide) groups is 1. The van der Waals surface area contributed by atoms with Crippen LogP contribution in [0.2, 0.25) is 0 Å². The smallest absolute Gasteiger partial charge is 0.00696 e. The van der Waals surface area contributed by atoms with Gasteiger partial charge in [0.2, 0.25) is 0 Å². The summed E-state index contributed by atoms with van der Waals surface area (Å²) in [6.45, 7) is 6.96. The average molecular weight is 257 g/mol. The van der Waals surface area contributed by atoms with Crippen LogP contribution < -0.4 is 5.32 Å². The highest BCUT2D eigenvalue weighted by Crippen LogP contribution is 2.25. The highest BCUT2D eigenvalue weighted by Gasteiger charge is 2.18. The summed E-state index contributed by atoms with van der Waals surface area (Å²) in [5, 5.41) is 3.85. The first kappa shape index (κ1) is 15.4. The summed E-state index contributed by atoms with van der Waals surface area (Å²) in [4.78, 5) is 0. The Balaban J connectivity index is 2.17. The van der Waals surface area contributed by atoms with E-state index in [1.165, 1.54) is 56.5 Å². The van der Waals surface area contributed by atoms with Crippen molar-refractivity contribution in [2.45, 2.75) is 77.8 Å². The van der Waals surface area contributed by atoms with Gasteiger partial charge < -0.3 is 5.32 Å². The predicted molar refractivity (Wildman–Crippen MR) is 80.9 cm³/mol. The van der Waals surface area contributed by atoms with E-state index in [9.17, 15) is 0 Å². The zero-order chi connectivity index (χ0) is 12.5. The van der Waals surface area contributed by atoms with Gasteiger partial charge in [-0.3, -0.25) is 0 Å². The molecule has 102 valence electrons. The van der Waals surface area contributed by atoms with Gasteiger partial charge in [-0.1, -0.05) is 33.1 Å².